The molecule has 268 valence electrons. The molecule has 0 spiro atoms. The van der Waals surface area contributed by atoms with Gasteiger partial charge in [0.1, 0.15) is 16.7 Å². The lowest BCUT2D eigenvalue weighted by Crippen LogP contribution is -2.76. The number of nitrogens with one attached hydrogen (secondary N) is 4. The average molecular weight is 677 g/mol. The van der Waals surface area contributed by atoms with E-state index in [1.807, 2.05) is 18.2 Å². The molecule has 2 aromatic carbocycles. The van der Waals surface area contributed by atoms with Gasteiger partial charge in [0, 0.05) is 38.1 Å². The summed E-state index contributed by atoms with van der Waals surface area (Å²) in [7, 11) is 0. The van der Waals surface area contributed by atoms with Crippen LogP contribution in [-0.4, -0.2) is 82.8 Å². The number of nitrogens with zero attached hydrogens (tertiary/aromatic N) is 2. The van der Waals surface area contributed by atoms with Gasteiger partial charge in [-0.15, -0.1) is 0 Å². The number of carbonyl (C=O) groups is 3. The van der Waals surface area contributed by atoms with Crippen molar-refractivity contribution in [2.75, 3.05) is 26.2 Å². The summed E-state index contributed by atoms with van der Waals surface area (Å²) >= 11 is 0. The number of hydrogen-bond donors (Lipinski definition) is 4. The topological polar surface area (TPSA) is 136 Å². The molecule has 49 heavy (non-hydrogen) atoms. The number of ether oxygens (including phenoxy) is 2. The summed E-state index contributed by atoms with van der Waals surface area (Å²) < 4.78 is 10.9. The Balaban J connectivity index is 1.33. The van der Waals surface area contributed by atoms with Crippen LogP contribution in [-0.2, 0) is 20.8 Å². The van der Waals surface area contributed by atoms with E-state index in [0.29, 0.717) is 37.3 Å². The Bertz CT molecular complexity index is 1540. The van der Waals surface area contributed by atoms with Crippen LogP contribution in [0.2, 0.25) is 0 Å². The minimum atomic E-state index is -0.811. The smallest absolute Gasteiger partial charge is 0.417 e. The lowest BCUT2D eigenvalue weighted by atomic mass is 9.58. The molecule has 4 N–H and O–H groups in total. The molecule has 0 unspecified atom stereocenters. The summed E-state index contributed by atoms with van der Waals surface area (Å²) in [5.74, 6) is 1.18. The molecule has 6 rings (SSSR count). The molecule has 1 saturated carbocycles. The summed E-state index contributed by atoms with van der Waals surface area (Å²) in [6.45, 7) is 17.9. The Hall–Kier alpha value is -3.70. The van der Waals surface area contributed by atoms with E-state index in [1.54, 1.807) is 41.5 Å². The first-order valence-electron chi connectivity index (χ1n) is 17.8. The highest BCUT2D eigenvalue weighted by Crippen LogP contribution is 2.54. The van der Waals surface area contributed by atoms with Crippen LogP contribution in [0.15, 0.2) is 42.5 Å². The molecule has 0 aromatic heterocycles. The maximum Gasteiger partial charge on any atom is 0.417 e. The van der Waals surface area contributed by atoms with Gasteiger partial charge in [0.15, 0.2) is 0 Å². The van der Waals surface area contributed by atoms with E-state index in [4.69, 9.17) is 14.9 Å². The normalized spacial score (nSPS) is 24.9. The van der Waals surface area contributed by atoms with Crippen LogP contribution < -0.4 is 16.0 Å². The number of rotatable bonds is 9. The summed E-state index contributed by atoms with van der Waals surface area (Å²) in [5.41, 5.74) is -1.14. The number of guanidine groups is 1. The van der Waals surface area contributed by atoms with Gasteiger partial charge in [-0.05, 0) is 101 Å². The van der Waals surface area contributed by atoms with Crippen molar-refractivity contribution in [3.8, 4) is 0 Å². The van der Waals surface area contributed by atoms with Crippen molar-refractivity contribution >= 4 is 34.8 Å². The summed E-state index contributed by atoms with van der Waals surface area (Å²) in [6.07, 6.45) is 1.04. The molecule has 4 aliphatic rings. The van der Waals surface area contributed by atoms with Crippen molar-refractivity contribution in [3.63, 3.8) is 0 Å². The Labute approximate surface area is 291 Å². The Morgan fingerprint density at radius 1 is 1.04 bits per heavy atom. The van der Waals surface area contributed by atoms with Crippen LogP contribution >= 0.6 is 0 Å². The van der Waals surface area contributed by atoms with Gasteiger partial charge in [-0.1, -0.05) is 56.3 Å². The summed E-state index contributed by atoms with van der Waals surface area (Å²) in [6, 6.07) is 14.5. The minimum absolute atomic E-state index is 0.00855. The first kappa shape index (κ1) is 36.6. The van der Waals surface area contributed by atoms with Gasteiger partial charge in [0.05, 0.1) is 0 Å². The van der Waals surface area contributed by atoms with Crippen LogP contribution in [0.3, 0.4) is 0 Å². The van der Waals surface area contributed by atoms with Crippen molar-refractivity contribution in [1.82, 2.24) is 25.8 Å². The van der Waals surface area contributed by atoms with Crippen molar-refractivity contribution < 1.29 is 23.9 Å². The summed E-state index contributed by atoms with van der Waals surface area (Å²) in [5, 5.41) is 20.4. The molecule has 1 aliphatic carbocycles. The molecule has 11 heteroatoms. The first-order valence-corrected chi connectivity index (χ1v) is 17.8. The minimum Gasteiger partial charge on any atom is -0.444 e. The van der Waals surface area contributed by atoms with Crippen LogP contribution in [0.5, 0.6) is 0 Å². The number of alkyl carbamates (subject to hydrolysis) is 1. The average Bonchev–Trinajstić information content (AvgIpc) is 3.26. The molecule has 3 heterocycles. The van der Waals surface area contributed by atoms with Crippen molar-refractivity contribution in [1.29, 1.82) is 5.41 Å². The number of fused-ring (bicyclic) bond motifs is 2. The third-order valence-electron chi connectivity index (χ3n) is 9.98. The van der Waals surface area contributed by atoms with Gasteiger partial charge >= 0.3 is 12.2 Å². The van der Waals surface area contributed by atoms with Crippen LogP contribution in [0.25, 0.3) is 10.8 Å². The maximum atomic E-state index is 14.5. The Morgan fingerprint density at radius 2 is 1.73 bits per heavy atom. The first-order chi connectivity index (χ1) is 23.0. The monoisotopic (exact) mass is 676 g/mol. The van der Waals surface area contributed by atoms with Crippen LogP contribution in [0.4, 0.5) is 9.59 Å². The fourth-order valence-electron chi connectivity index (χ4n) is 8.30. The zero-order valence-electron chi connectivity index (χ0n) is 30.5. The van der Waals surface area contributed by atoms with Gasteiger partial charge in [-0.3, -0.25) is 20.4 Å². The van der Waals surface area contributed by atoms with Gasteiger partial charge < -0.3 is 20.1 Å². The number of amides is 3. The van der Waals surface area contributed by atoms with Gasteiger partial charge in [-0.25, -0.2) is 14.5 Å². The van der Waals surface area contributed by atoms with Crippen molar-refractivity contribution in [2.45, 2.75) is 104 Å². The largest absolute Gasteiger partial charge is 0.444 e. The van der Waals surface area contributed by atoms with E-state index in [2.05, 4.69) is 59.0 Å². The molecular formula is C38H56N6O5. The molecule has 3 amide bonds. The number of benzene rings is 2. The molecule has 4 bridgehead atoms. The van der Waals surface area contributed by atoms with Crippen molar-refractivity contribution in [3.05, 3.63) is 48.0 Å². The van der Waals surface area contributed by atoms with Gasteiger partial charge in [0.25, 0.3) is 0 Å². The fourth-order valence-corrected chi connectivity index (χ4v) is 8.30. The van der Waals surface area contributed by atoms with Crippen LogP contribution in [0.1, 0.15) is 80.2 Å². The lowest BCUT2D eigenvalue weighted by Gasteiger charge is -2.56. The van der Waals surface area contributed by atoms with Crippen LogP contribution in [0, 0.1) is 29.1 Å². The highest BCUT2D eigenvalue weighted by molar-refractivity contribution is 5.99. The third-order valence-corrected chi connectivity index (χ3v) is 9.98. The standard InChI is InChI=1S/C38H56N6O5/c1-24(2)19-30-27-20-28-23-43(17-12-18-44(35(47)49-37(6,7)8)33(39)42-34(46)48-36(3,4)5)31(30)38(28,41-22-27)32(45)40-21-26-15-11-14-25-13-9-10-16-29(25)26/h9-11,13-16,24,27-28,30-31,41H,12,17-23H2,1-8H3,(H,40,45)(H2,39,42,46)/t27-,28-,30+,31-,38-/m0/s1. The molecule has 3 saturated heterocycles. The van der Waals surface area contributed by atoms with Gasteiger partial charge in [0.2, 0.25) is 11.9 Å². The van der Waals surface area contributed by atoms with Gasteiger partial charge in [-0.2, -0.15) is 0 Å². The molecule has 11 nitrogen and oxygen atoms in total. The quantitative estimate of drug-likeness (QED) is 0.193. The summed E-state index contributed by atoms with van der Waals surface area (Å²) in [4.78, 5) is 43.8. The zero-order valence-corrected chi connectivity index (χ0v) is 30.5. The Kier molecular flexibility index (Phi) is 10.6. The predicted molar refractivity (Wildman–Crippen MR) is 191 cm³/mol. The Morgan fingerprint density at radius 3 is 2.43 bits per heavy atom. The van der Waals surface area contributed by atoms with E-state index in [9.17, 15) is 14.4 Å². The second-order valence-corrected chi connectivity index (χ2v) is 16.5. The van der Waals surface area contributed by atoms with E-state index in [0.717, 1.165) is 47.2 Å². The van der Waals surface area contributed by atoms with E-state index >= 15 is 0 Å². The number of likely N-dealkylation sites (tertiary alicyclic amines) is 1. The molecule has 2 aromatic rings. The molecular weight excluding hydrogens is 620 g/mol. The zero-order chi connectivity index (χ0) is 35.7. The lowest BCUT2D eigenvalue weighted by molar-refractivity contribution is -0.139. The highest BCUT2D eigenvalue weighted by Gasteiger charge is 2.67. The number of hydrogen-bond acceptors (Lipinski definition) is 8. The number of piperidine rings is 2. The molecule has 4 fully saturated rings. The van der Waals surface area contributed by atoms with E-state index in [1.165, 1.54) is 0 Å². The molecule has 3 aliphatic heterocycles. The second-order valence-electron chi connectivity index (χ2n) is 16.5. The molecule has 5 atom stereocenters. The number of carbonyl (C=O) groups excluding carboxylic acids is 3. The predicted octanol–water partition coefficient (Wildman–Crippen LogP) is 5.87. The fraction of sp³-hybridized carbons (Fsp3) is 0.632. The SMILES string of the molecule is CC(C)C[C@@H]1[C@@H]2CN[C@@]3(C(=O)NCc4cccc5ccccc45)[C@@H](C2)CN(CCCN(C(=N)NC(=O)OC(C)(C)C)C(=O)OC(C)(C)C)[C@@H]13. The van der Waals surface area contributed by atoms with E-state index < -0.39 is 34.9 Å². The second kappa shape index (κ2) is 14.3. The molecule has 0 radical (unpaired) electrons. The third kappa shape index (κ3) is 8.20. The highest BCUT2D eigenvalue weighted by atomic mass is 16.6. The van der Waals surface area contributed by atoms with Crippen molar-refractivity contribution in [2.24, 2.45) is 23.7 Å². The van der Waals surface area contributed by atoms with E-state index in [-0.39, 0.29) is 24.4 Å². The maximum absolute atomic E-state index is 14.5.